The summed E-state index contributed by atoms with van der Waals surface area (Å²) in [5.74, 6) is -6.38. The highest BCUT2D eigenvalue weighted by atomic mass is 19.2. The van der Waals surface area contributed by atoms with Crippen LogP contribution in [0.3, 0.4) is 0 Å². The van der Waals surface area contributed by atoms with Gasteiger partial charge in [0.1, 0.15) is 0 Å². The van der Waals surface area contributed by atoms with Crippen LogP contribution in [-0.2, 0) is 0 Å². The molecule has 5 heteroatoms. The first-order chi connectivity index (χ1) is 11.0. The van der Waals surface area contributed by atoms with Gasteiger partial charge in [0.05, 0.1) is 5.69 Å². The van der Waals surface area contributed by atoms with Gasteiger partial charge in [-0.15, -0.1) is 0 Å². The van der Waals surface area contributed by atoms with Crippen molar-refractivity contribution in [1.82, 2.24) is 4.98 Å². The summed E-state index contributed by atoms with van der Waals surface area (Å²) in [5.41, 5.74) is 1.20. The second-order valence-electron chi connectivity index (χ2n) is 5.05. The Morgan fingerprint density at radius 3 is 1.91 bits per heavy atom. The summed E-state index contributed by atoms with van der Waals surface area (Å²) in [6.07, 6.45) is 1.64. The molecular weight excluding hydrogens is 306 g/mol. The van der Waals surface area contributed by atoms with Crippen LogP contribution in [0, 0.1) is 30.2 Å². The van der Waals surface area contributed by atoms with Gasteiger partial charge in [-0.3, -0.25) is 4.98 Å². The minimum absolute atomic E-state index is 0.262. The van der Waals surface area contributed by atoms with Gasteiger partial charge in [-0.2, -0.15) is 0 Å². The maximum atomic E-state index is 14.0. The van der Waals surface area contributed by atoms with Crippen LogP contribution in [0.5, 0.6) is 0 Å². The van der Waals surface area contributed by atoms with E-state index in [2.05, 4.69) is 4.98 Å². The molecule has 0 saturated heterocycles. The molecule has 0 aliphatic rings. The van der Waals surface area contributed by atoms with Crippen LogP contribution >= 0.6 is 0 Å². The van der Waals surface area contributed by atoms with Crippen LogP contribution < -0.4 is 0 Å². The van der Waals surface area contributed by atoms with Gasteiger partial charge in [0.15, 0.2) is 23.3 Å². The van der Waals surface area contributed by atoms with Gasteiger partial charge in [0.25, 0.3) is 0 Å². The van der Waals surface area contributed by atoms with Crippen molar-refractivity contribution in [1.29, 1.82) is 0 Å². The molecule has 0 atom stereocenters. The van der Waals surface area contributed by atoms with Crippen molar-refractivity contribution in [2.24, 2.45) is 0 Å². The highest BCUT2D eigenvalue weighted by Crippen LogP contribution is 2.33. The molecule has 3 aromatic rings. The molecular formula is C18H11F4N. The van der Waals surface area contributed by atoms with Crippen molar-refractivity contribution in [3.8, 4) is 22.4 Å². The number of halogens is 4. The molecule has 0 unspecified atom stereocenters. The smallest absolute Gasteiger partial charge is 0.198 e. The third-order valence-corrected chi connectivity index (χ3v) is 3.64. The van der Waals surface area contributed by atoms with Crippen molar-refractivity contribution < 1.29 is 17.6 Å². The fraction of sp³-hybridized carbons (Fsp3) is 0.0556. The molecule has 3 rings (SSSR count). The van der Waals surface area contributed by atoms with E-state index < -0.39 is 23.3 Å². The molecule has 0 aliphatic heterocycles. The van der Waals surface area contributed by atoms with Crippen LogP contribution in [0.15, 0.2) is 48.7 Å². The molecule has 0 spiro atoms. The number of aromatic nitrogens is 1. The first kappa shape index (κ1) is 15.2. The Kier molecular flexibility index (Phi) is 3.86. The average Bonchev–Trinajstić information content (AvgIpc) is 2.60. The maximum Gasteiger partial charge on any atom is 0.198 e. The van der Waals surface area contributed by atoms with Crippen LogP contribution in [0.1, 0.15) is 5.56 Å². The summed E-state index contributed by atoms with van der Waals surface area (Å²) in [7, 11) is 0. The molecule has 0 N–H and O–H groups in total. The predicted molar refractivity (Wildman–Crippen MR) is 79.7 cm³/mol. The van der Waals surface area contributed by atoms with Crippen LogP contribution in [0.4, 0.5) is 17.6 Å². The molecule has 1 nitrogen and oxygen atoms in total. The maximum absolute atomic E-state index is 14.0. The molecule has 0 saturated carbocycles. The van der Waals surface area contributed by atoms with E-state index in [1.54, 1.807) is 30.5 Å². The van der Waals surface area contributed by atoms with Gasteiger partial charge in [0.2, 0.25) is 0 Å². The standard InChI is InChI=1S/C18H11F4N/c1-10-14(16(20)18(22)17(21)15(10)19)12-7-5-11(6-8-12)13-4-2-3-9-23-13/h2-9H,1H3. The number of pyridine rings is 1. The fourth-order valence-corrected chi connectivity index (χ4v) is 2.43. The fourth-order valence-electron chi connectivity index (χ4n) is 2.43. The predicted octanol–water partition coefficient (Wildman–Crippen LogP) is 5.28. The molecule has 116 valence electrons. The molecule has 0 amide bonds. The molecule has 23 heavy (non-hydrogen) atoms. The number of rotatable bonds is 2. The minimum Gasteiger partial charge on any atom is -0.256 e. The van der Waals surface area contributed by atoms with Gasteiger partial charge < -0.3 is 0 Å². The minimum atomic E-state index is -1.81. The van der Waals surface area contributed by atoms with Crippen LogP contribution in [0.2, 0.25) is 0 Å². The topological polar surface area (TPSA) is 12.9 Å². The van der Waals surface area contributed by atoms with E-state index in [0.717, 1.165) is 5.56 Å². The largest absolute Gasteiger partial charge is 0.256 e. The zero-order valence-corrected chi connectivity index (χ0v) is 12.1. The lowest BCUT2D eigenvalue weighted by atomic mass is 9.97. The zero-order chi connectivity index (χ0) is 16.6. The Labute approximate surface area is 130 Å². The van der Waals surface area contributed by atoms with E-state index in [1.807, 2.05) is 6.07 Å². The quantitative estimate of drug-likeness (QED) is 0.356. The lowest BCUT2D eigenvalue weighted by molar-refractivity contribution is 0.408. The van der Waals surface area contributed by atoms with Gasteiger partial charge in [-0.05, 0) is 30.2 Å². The summed E-state index contributed by atoms with van der Waals surface area (Å²) >= 11 is 0. The highest BCUT2D eigenvalue weighted by molar-refractivity contribution is 5.71. The van der Waals surface area contributed by atoms with Gasteiger partial charge in [-0.1, -0.05) is 30.3 Å². The third kappa shape index (κ3) is 2.59. The van der Waals surface area contributed by atoms with Gasteiger partial charge >= 0.3 is 0 Å². The first-order valence-electron chi connectivity index (χ1n) is 6.85. The molecule has 0 fully saturated rings. The van der Waals surface area contributed by atoms with E-state index in [0.29, 0.717) is 5.69 Å². The van der Waals surface area contributed by atoms with E-state index in [4.69, 9.17) is 0 Å². The molecule has 2 aromatic carbocycles. The Balaban J connectivity index is 2.11. The highest BCUT2D eigenvalue weighted by Gasteiger charge is 2.23. The summed E-state index contributed by atoms with van der Waals surface area (Å²) in [5, 5.41) is 0. The normalized spacial score (nSPS) is 10.8. The SMILES string of the molecule is Cc1c(F)c(F)c(F)c(F)c1-c1ccc(-c2ccccn2)cc1. The molecule has 0 aliphatic carbocycles. The van der Waals surface area contributed by atoms with E-state index in [-0.39, 0.29) is 16.7 Å². The molecule has 1 aromatic heterocycles. The van der Waals surface area contributed by atoms with Gasteiger partial charge in [-0.25, -0.2) is 17.6 Å². The Hall–Kier alpha value is -2.69. The summed E-state index contributed by atoms with van der Waals surface area (Å²) in [4.78, 5) is 4.18. The molecule has 0 bridgehead atoms. The number of nitrogens with zero attached hydrogens (tertiary/aromatic N) is 1. The van der Waals surface area contributed by atoms with Crippen LogP contribution in [-0.4, -0.2) is 4.98 Å². The Morgan fingerprint density at radius 1 is 0.696 bits per heavy atom. The lowest BCUT2D eigenvalue weighted by Crippen LogP contribution is -2.03. The number of hydrogen-bond acceptors (Lipinski definition) is 1. The summed E-state index contributed by atoms with van der Waals surface area (Å²) < 4.78 is 54.4. The average molecular weight is 317 g/mol. The first-order valence-corrected chi connectivity index (χ1v) is 6.85. The molecule has 0 radical (unpaired) electrons. The van der Waals surface area contributed by atoms with Crippen LogP contribution in [0.25, 0.3) is 22.4 Å². The number of benzene rings is 2. The lowest BCUT2D eigenvalue weighted by Gasteiger charge is -2.11. The van der Waals surface area contributed by atoms with Crippen molar-refractivity contribution in [3.05, 3.63) is 77.5 Å². The molecule has 1 heterocycles. The van der Waals surface area contributed by atoms with E-state index in [9.17, 15) is 17.6 Å². The van der Waals surface area contributed by atoms with E-state index >= 15 is 0 Å². The monoisotopic (exact) mass is 317 g/mol. The Morgan fingerprint density at radius 2 is 1.30 bits per heavy atom. The second-order valence-corrected chi connectivity index (χ2v) is 5.05. The summed E-state index contributed by atoms with van der Waals surface area (Å²) in [6.45, 7) is 1.21. The Bertz CT molecular complexity index is 829. The zero-order valence-electron chi connectivity index (χ0n) is 12.1. The second kappa shape index (κ2) is 5.83. The number of hydrogen-bond donors (Lipinski definition) is 0. The van der Waals surface area contributed by atoms with Gasteiger partial charge in [0, 0.05) is 17.3 Å². The third-order valence-electron chi connectivity index (χ3n) is 3.64. The van der Waals surface area contributed by atoms with Crippen molar-refractivity contribution in [2.45, 2.75) is 6.92 Å². The van der Waals surface area contributed by atoms with Crippen molar-refractivity contribution >= 4 is 0 Å². The summed E-state index contributed by atoms with van der Waals surface area (Å²) in [6, 6.07) is 11.8. The van der Waals surface area contributed by atoms with Crippen molar-refractivity contribution in [3.63, 3.8) is 0 Å². The van der Waals surface area contributed by atoms with E-state index in [1.165, 1.54) is 19.1 Å². The van der Waals surface area contributed by atoms with Crippen molar-refractivity contribution in [2.75, 3.05) is 0 Å².